The normalized spacial score (nSPS) is 21.0. The lowest BCUT2D eigenvalue weighted by Gasteiger charge is -2.39. The number of ether oxygens (including phenoxy) is 1. The lowest BCUT2D eigenvalue weighted by Crippen LogP contribution is -2.44. The van der Waals surface area contributed by atoms with Crippen molar-refractivity contribution >= 4 is 28.8 Å². The molecule has 1 amide bonds. The number of carbonyl (C=O) groups excluding carboxylic acids is 1. The second kappa shape index (κ2) is 12.6. The van der Waals surface area contributed by atoms with Crippen molar-refractivity contribution in [3.63, 3.8) is 0 Å². The number of nitrogen functional groups attached to an aromatic ring is 1. The summed E-state index contributed by atoms with van der Waals surface area (Å²) in [5.41, 5.74) is 9.68. The predicted molar refractivity (Wildman–Crippen MR) is 163 cm³/mol. The van der Waals surface area contributed by atoms with Crippen molar-refractivity contribution in [1.29, 1.82) is 5.41 Å². The highest BCUT2D eigenvalue weighted by Crippen LogP contribution is 2.41. The summed E-state index contributed by atoms with van der Waals surface area (Å²) in [5, 5.41) is 11.3. The van der Waals surface area contributed by atoms with Crippen LogP contribution in [0.3, 0.4) is 0 Å². The molecule has 7 heteroatoms. The van der Waals surface area contributed by atoms with Crippen LogP contribution in [0.25, 0.3) is 0 Å². The summed E-state index contributed by atoms with van der Waals surface area (Å²) in [4.78, 5) is 18.5. The Hall–Kier alpha value is -3.84. The van der Waals surface area contributed by atoms with E-state index >= 15 is 0 Å². The highest BCUT2D eigenvalue weighted by Gasteiger charge is 2.36. The first-order valence-corrected chi connectivity index (χ1v) is 14.5. The number of amidine groups is 1. The van der Waals surface area contributed by atoms with Gasteiger partial charge < -0.3 is 20.7 Å². The van der Waals surface area contributed by atoms with E-state index in [1.165, 1.54) is 19.3 Å². The van der Waals surface area contributed by atoms with Gasteiger partial charge in [-0.05, 0) is 82.5 Å². The third-order valence-corrected chi connectivity index (χ3v) is 8.22. The van der Waals surface area contributed by atoms with Crippen LogP contribution in [-0.2, 0) is 4.79 Å². The van der Waals surface area contributed by atoms with Crippen LogP contribution >= 0.6 is 0 Å². The SMILES string of the molecule is C[C@@H]1CCC[C@H](C)N1CCCCCN1C(=O)C(c2cccc(C(=N)N)c2)Oc2ccc(Nc3ccccc3)cc21. The van der Waals surface area contributed by atoms with Crippen molar-refractivity contribution < 1.29 is 9.53 Å². The monoisotopic (exact) mass is 539 g/mol. The number of nitrogens with two attached hydrogens (primary N) is 1. The van der Waals surface area contributed by atoms with Crippen molar-refractivity contribution in [2.75, 3.05) is 23.3 Å². The van der Waals surface area contributed by atoms with Gasteiger partial charge in [-0.25, -0.2) is 0 Å². The van der Waals surface area contributed by atoms with Gasteiger partial charge in [0.1, 0.15) is 11.6 Å². The fraction of sp³-hybridized carbons (Fsp3) is 0.394. The van der Waals surface area contributed by atoms with Crippen LogP contribution in [0.4, 0.5) is 17.1 Å². The zero-order valence-electron chi connectivity index (χ0n) is 23.6. The van der Waals surface area contributed by atoms with Crippen LogP contribution < -0.4 is 20.7 Å². The summed E-state index contributed by atoms with van der Waals surface area (Å²) >= 11 is 0. The van der Waals surface area contributed by atoms with Gasteiger partial charge in [0.15, 0.2) is 0 Å². The molecule has 1 unspecified atom stereocenters. The lowest BCUT2D eigenvalue weighted by atomic mass is 9.97. The van der Waals surface area contributed by atoms with E-state index in [9.17, 15) is 4.79 Å². The van der Waals surface area contributed by atoms with E-state index in [0.29, 0.717) is 35.5 Å². The molecule has 0 saturated carbocycles. The summed E-state index contributed by atoms with van der Waals surface area (Å²) in [6.07, 6.45) is 6.22. The Morgan fingerprint density at radius 1 is 0.925 bits per heavy atom. The number of fused-ring (bicyclic) bond motifs is 1. The molecule has 2 heterocycles. The molecule has 3 aromatic rings. The van der Waals surface area contributed by atoms with Gasteiger partial charge in [-0.2, -0.15) is 0 Å². The molecule has 2 aliphatic heterocycles. The van der Waals surface area contributed by atoms with Gasteiger partial charge >= 0.3 is 0 Å². The number of nitrogens with zero attached hydrogens (tertiary/aromatic N) is 2. The number of para-hydroxylation sites is 1. The Morgan fingerprint density at radius 2 is 1.68 bits per heavy atom. The van der Waals surface area contributed by atoms with Crippen molar-refractivity contribution in [2.24, 2.45) is 5.73 Å². The highest BCUT2D eigenvalue weighted by molar-refractivity contribution is 6.02. The Bertz CT molecular complexity index is 1320. The molecule has 40 heavy (non-hydrogen) atoms. The van der Waals surface area contributed by atoms with Gasteiger partial charge in [-0.3, -0.25) is 15.1 Å². The van der Waals surface area contributed by atoms with Gasteiger partial charge in [0.2, 0.25) is 6.10 Å². The zero-order valence-corrected chi connectivity index (χ0v) is 23.6. The molecule has 1 saturated heterocycles. The number of piperidine rings is 1. The number of nitrogens with one attached hydrogen (secondary N) is 2. The standard InChI is InChI=1S/C33H41N5O2/c1-23-11-9-12-24(2)37(23)19-7-4-8-20-38-29-22-28(36-27-15-5-3-6-16-27)17-18-30(29)40-31(33(38)39)25-13-10-14-26(21-25)32(34)35/h3,5-6,10,13-18,21-24,31,36H,4,7-9,11-12,19-20H2,1-2H3,(H3,34,35)/t23-,24+,31?. The summed E-state index contributed by atoms with van der Waals surface area (Å²) in [7, 11) is 0. The molecule has 0 spiro atoms. The molecule has 3 aromatic carbocycles. The van der Waals surface area contributed by atoms with Gasteiger partial charge in [0.05, 0.1) is 5.69 Å². The zero-order chi connectivity index (χ0) is 28.1. The maximum absolute atomic E-state index is 13.9. The van der Waals surface area contributed by atoms with E-state index in [2.05, 4.69) is 24.1 Å². The van der Waals surface area contributed by atoms with Gasteiger partial charge in [-0.1, -0.05) is 49.2 Å². The Labute approximate surface area is 237 Å². The second-order valence-electron chi connectivity index (χ2n) is 11.1. The average molecular weight is 540 g/mol. The van der Waals surface area contributed by atoms with Crippen molar-refractivity contribution in [2.45, 2.75) is 70.6 Å². The highest BCUT2D eigenvalue weighted by atomic mass is 16.5. The quantitative estimate of drug-likeness (QED) is 0.153. The number of rotatable bonds is 10. The lowest BCUT2D eigenvalue weighted by molar-refractivity contribution is -0.126. The number of carbonyl (C=O) groups is 1. The number of likely N-dealkylation sites (tertiary alicyclic amines) is 1. The maximum Gasteiger partial charge on any atom is 0.272 e. The number of hydrogen-bond donors (Lipinski definition) is 3. The topological polar surface area (TPSA) is 94.7 Å². The number of amides is 1. The molecule has 0 bridgehead atoms. The van der Waals surface area contributed by atoms with E-state index < -0.39 is 6.10 Å². The van der Waals surface area contributed by atoms with E-state index in [1.807, 2.05) is 65.6 Å². The Morgan fingerprint density at radius 3 is 2.42 bits per heavy atom. The maximum atomic E-state index is 13.9. The smallest absolute Gasteiger partial charge is 0.272 e. The van der Waals surface area contributed by atoms with Crippen LogP contribution in [0.15, 0.2) is 72.8 Å². The molecule has 210 valence electrons. The van der Waals surface area contributed by atoms with Crippen molar-refractivity contribution in [3.8, 4) is 5.75 Å². The van der Waals surface area contributed by atoms with Gasteiger partial charge in [0.25, 0.3) is 5.91 Å². The molecule has 1 fully saturated rings. The summed E-state index contributed by atoms with van der Waals surface area (Å²) < 4.78 is 6.29. The molecule has 3 atom stereocenters. The molecule has 4 N–H and O–H groups in total. The molecular weight excluding hydrogens is 498 g/mol. The third kappa shape index (κ3) is 6.31. The number of anilines is 3. The molecule has 2 aliphatic rings. The summed E-state index contributed by atoms with van der Waals surface area (Å²) in [5.74, 6) is 0.548. The Kier molecular flexibility index (Phi) is 8.70. The molecule has 7 nitrogen and oxygen atoms in total. The average Bonchev–Trinajstić information content (AvgIpc) is 2.95. The predicted octanol–water partition coefficient (Wildman–Crippen LogP) is 6.61. The van der Waals surface area contributed by atoms with Crippen molar-refractivity contribution in [1.82, 2.24) is 4.90 Å². The number of benzene rings is 3. The molecule has 0 aliphatic carbocycles. The van der Waals surface area contributed by atoms with Crippen LogP contribution in [0.1, 0.15) is 69.6 Å². The van der Waals surface area contributed by atoms with E-state index in [4.69, 9.17) is 15.9 Å². The van der Waals surface area contributed by atoms with Crippen LogP contribution in [0, 0.1) is 5.41 Å². The first-order valence-electron chi connectivity index (χ1n) is 14.5. The minimum absolute atomic E-state index is 0.0312. The number of hydrogen-bond acceptors (Lipinski definition) is 5. The van der Waals surface area contributed by atoms with Crippen LogP contribution in [0.5, 0.6) is 5.75 Å². The van der Waals surface area contributed by atoms with E-state index in [1.54, 1.807) is 12.1 Å². The molecule has 0 radical (unpaired) electrons. The minimum Gasteiger partial charge on any atom is -0.474 e. The van der Waals surface area contributed by atoms with Crippen LogP contribution in [-0.4, -0.2) is 41.8 Å². The first kappa shape index (κ1) is 27.7. The van der Waals surface area contributed by atoms with E-state index in [0.717, 1.165) is 42.9 Å². The van der Waals surface area contributed by atoms with E-state index in [-0.39, 0.29) is 11.7 Å². The fourth-order valence-electron chi connectivity index (χ4n) is 6.00. The van der Waals surface area contributed by atoms with Gasteiger partial charge in [0, 0.05) is 41.1 Å². The molecule has 0 aromatic heterocycles. The van der Waals surface area contributed by atoms with Crippen LogP contribution in [0.2, 0.25) is 0 Å². The third-order valence-electron chi connectivity index (χ3n) is 8.22. The van der Waals surface area contributed by atoms with Crippen molar-refractivity contribution in [3.05, 3.63) is 83.9 Å². The minimum atomic E-state index is -0.783. The first-order chi connectivity index (χ1) is 19.4. The molecular formula is C33H41N5O2. The largest absolute Gasteiger partial charge is 0.474 e. The second-order valence-corrected chi connectivity index (χ2v) is 11.1. The van der Waals surface area contributed by atoms with Gasteiger partial charge in [-0.15, -0.1) is 0 Å². The summed E-state index contributed by atoms with van der Waals surface area (Å²) in [6.45, 7) is 6.43. The number of unbranched alkanes of at least 4 members (excludes halogenated alkanes) is 2. The fourth-order valence-corrected chi connectivity index (χ4v) is 6.00. The Balaban J connectivity index is 1.33. The molecule has 5 rings (SSSR count). The summed E-state index contributed by atoms with van der Waals surface area (Å²) in [6, 6.07) is 24.4.